The molecule has 0 aromatic heterocycles. The van der Waals surface area contributed by atoms with Crippen LogP contribution in [-0.4, -0.2) is 35.1 Å². The lowest BCUT2D eigenvalue weighted by Crippen LogP contribution is -2.47. The molecular formula is C12H17F3N2O4. The van der Waals surface area contributed by atoms with Crippen LogP contribution in [0, 0.1) is 11.8 Å². The number of carboxylic acid groups (broad SMARTS) is 1. The summed E-state index contributed by atoms with van der Waals surface area (Å²) in [6.45, 7) is 0. The van der Waals surface area contributed by atoms with E-state index in [4.69, 9.17) is 10.8 Å². The maximum absolute atomic E-state index is 12.7. The smallest absolute Gasteiger partial charge is 0.391 e. The number of amides is 2. The molecule has 0 aliphatic heterocycles. The zero-order valence-electron chi connectivity index (χ0n) is 11.2. The predicted molar refractivity (Wildman–Crippen MR) is 64.9 cm³/mol. The Morgan fingerprint density at radius 2 is 1.90 bits per heavy atom. The van der Waals surface area contributed by atoms with Gasteiger partial charge in [-0.1, -0.05) is 6.42 Å². The second-order valence-electron chi connectivity index (χ2n) is 5.17. The number of primary amides is 1. The third-order valence-electron chi connectivity index (χ3n) is 3.53. The highest BCUT2D eigenvalue weighted by Crippen LogP contribution is 2.39. The van der Waals surface area contributed by atoms with Crippen molar-refractivity contribution in [2.45, 2.75) is 44.3 Å². The van der Waals surface area contributed by atoms with Crippen molar-refractivity contribution in [3.63, 3.8) is 0 Å². The number of carbonyl (C=O) groups excluding carboxylic acids is 2. The van der Waals surface area contributed by atoms with Crippen molar-refractivity contribution in [1.82, 2.24) is 5.32 Å². The second kappa shape index (κ2) is 6.77. The number of alkyl halides is 3. The fourth-order valence-electron chi connectivity index (χ4n) is 2.42. The minimum absolute atomic E-state index is 0.0308. The van der Waals surface area contributed by atoms with Crippen molar-refractivity contribution in [2.24, 2.45) is 17.6 Å². The van der Waals surface area contributed by atoms with Crippen molar-refractivity contribution in [1.29, 1.82) is 0 Å². The molecule has 0 aromatic rings. The van der Waals surface area contributed by atoms with Gasteiger partial charge in [-0.25, -0.2) is 4.79 Å². The van der Waals surface area contributed by atoms with Crippen LogP contribution in [0.2, 0.25) is 0 Å². The zero-order chi connectivity index (χ0) is 16.2. The van der Waals surface area contributed by atoms with Crippen molar-refractivity contribution >= 4 is 17.8 Å². The summed E-state index contributed by atoms with van der Waals surface area (Å²) in [4.78, 5) is 33.5. The lowest BCUT2D eigenvalue weighted by Gasteiger charge is -2.30. The summed E-state index contributed by atoms with van der Waals surface area (Å²) < 4.78 is 38.0. The summed E-state index contributed by atoms with van der Waals surface area (Å²) >= 11 is 0. The highest BCUT2D eigenvalue weighted by molar-refractivity contribution is 5.88. The SMILES string of the molecule is NC(=O)C[C@@H](NC(=O)C1CCCC(C(F)(F)F)C1)C(=O)O. The van der Waals surface area contributed by atoms with Gasteiger partial charge < -0.3 is 16.2 Å². The van der Waals surface area contributed by atoms with Crippen molar-refractivity contribution in [2.75, 3.05) is 0 Å². The molecule has 4 N–H and O–H groups in total. The lowest BCUT2D eigenvalue weighted by atomic mass is 9.80. The van der Waals surface area contributed by atoms with Gasteiger partial charge in [-0.3, -0.25) is 9.59 Å². The fourth-order valence-corrected chi connectivity index (χ4v) is 2.42. The summed E-state index contributed by atoms with van der Waals surface area (Å²) in [7, 11) is 0. The molecule has 0 aromatic carbocycles. The molecule has 0 spiro atoms. The summed E-state index contributed by atoms with van der Waals surface area (Å²) in [5.74, 6) is -5.61. The first-order valence-electron chi connectivity index (χ1n) is 6.49. The van der Waals surface area contributed by atoms with Crippen LogP contribution in [0.25, 0.3) is 0 Å². The molecule has 2 amide bonds. The zero-order valence-corrected chi connectivity index (χ0v) is 11.2. The number of aliphatic carboxylic acids is 1. The van der Waals surface area contributed by atoms with E-state index in [9.17, 15) is 27.6 Å². The first kappa shape index (κ1) is 17.3. The predicted octanol–water partition coefficient (Wildman–Crippen LogP) is 0.800. The van der Waals surface area contributed by atoms with Gasteiger partial charge in [0.2, 0.25) is 11.8 Å². The van der Waals surface area contributed by atoms with Gasteiger partial charge in [0.25, 0.3) is 0 Å². The molecule has 0 bridgehead atoms. The van der Waals surface area contributed by atoms with Gasteiger partial charge >= 0.3 is 12.1 Å². The summed E-state index contributed by atoms with van der Waals surface area (Å²) in [5.41, 5.74) is 4.86. The molecule has 0 heterocycles. The fraction of sp³-hybridized carbons (Fsp3) is 0.750. The highest BCUT2D eigenvalue weighted by atomic mass is 19.4. The van der Waals surface area contributed by atoms with Gasteiger partial charge in [0.1, 0.15) is 6.04 Å². The summed E-state index contributed by atoms with van der Waals surface area (Å²) in [6.07, 6.45) is -4.85. The van der Waals surface area contributed by atoms with E-state index < -0.39 is 48.3 Å². The van der Waals surface area contributed by atoms with Crippen molar-refractivity contribution < 1.29 is 32.7 Å². The van der Waals surface area contributed by atoms with E-state index in [0.29, 0.717) is 0 Å². The average Bonchev–Trinajstić information content (AvgIpc) is 2.36. The van der Waals surface area contributed by atoms with Crippen LogP contribution in [0.5, 0.6) is 0 Å². The first-order valence-corrected chi connectivity index (χ1v) is 6.49. The van der Waals surface area contributed by atoms with Crippen molar-refractivity contribution in [3.8, 4) is 0 Å². The number of hydrogen-bond acceptors (Lipinski definition) is 3. The number of nitrogens with two attached hydrogens (primary N) is 1. The Morgan fingerprint density at radius 3 is 2.38 bits per heavy atom. The Balaban J connectivity index is 2.65. The lowest BCUT2D eigenvalue weighted by molar-refractivity contribution is -0.186. The topological polar surface area (TPSA) is 109 Å². The van der Waals surface area contributed by atoms with E-state index in [-0.39, 0.29) is 25.7 Å². The quantitative estimate of drug-likeness (QED) is 0.697. The Bertz CT molecular complexity index is 425. The minimum Gasteiger partial charge on any atom is -0.480 e. The summed E-state index contributed by atoms with van der Waals surface area (Å²) in [5, 5.41) is 10.9. The van der Waals surface area contributed by atoms with E-state index in [1.807, 2.05) is 0 Å². The molecule has 21 heavy (non-hydrogen) atoms. The number of nitrogens with one attached hydrogen (secondary N) is 1. The maximum Gasteiger partial charge on any atom is 0.391 e. The number of rotatable bonds is 5. The van der Waals surface area contributed by atoms with E-state index in [1.54, 1.807) is 0 Å². The largest absolute Gasteiger partial charge is 0.480 e. The molecule has 1 aliphatic rings. The molecule has 1 saturated carbocycles. The molecule has 2 unspecified atom stereocenters. The average molecular weight is 310 g/mol. The maximum atomic E-state index is 12.7. The molecule has 1 fully saturated rings. The highest BCUT2D eigenvalue weighted by Gasteiger charge is 2.43. The number of halogens is 3. The van der Waals surface area contributed by atoms with Gasteiger partial charge in [0, 0.05) is 5.92 Å². The molecule has 0 saturated heterocycles. The normalized spacial score (nSPS) is 24.1. The van der Waals surface area contributed by atoms with E-state index in [0.717, 1.165) is 0 Å². The van der Waals surface area contributed by atoms with Gasteiger partial charge in [0.05, 0.1) is 12.3 Å². The van der Waals surface area contributed by atoms with Crippen LogP contribution in [0.15, 0.2) is 0 Å². The van der Waals surface area contributed by atoms with Gasteiger partial charge in [-0.05, 0) is 19.3 Å². The van der Waals surface area contributed by atoms with Crippen LogP contribution >= 0.6 is 0 Å². The number of hydrogen-bond donors (Lipinski definition) is 3. The molecule has 1 aliphatic carbocycles. The Hall–Kier alpha value is -1.80. The van der Waals surface area contributed by atoms with E-state index >= 15 is 0 Å². The Kier molecular flexibility index (Phi) is 5.56. The molecular weight excluding hydrogens is 293 g/mol. The van der Waals surface area contributed by atoms with E-state index in [2.05, 4.69) is 5.32 Å². The van der Waals surface area contributed by atoms with E-state index in [1.165, 1.54) is 0 Å². The second-order valence-corrected chi connectivity index (χ2v) is 5.17. The standard InChI is InChI=1S/C12H17F3N2O4/c13-12(14,15)7-3-1-2-6(4-7)10(19)17-8(11(20)21)5-9(16)18/h6-8H,1-5H2,(H2,16,18)(H,17,19)(H,20,21)/t6?,7?,8-/m1/s1. The van der Waals surface area contributed by atoms with Crippen molar-refractivity contribution in [3.05, 3.63) is 0 Å². The third kappa shape index (κ3) is 5.24. The molecule has 1 rings (SSSR count). The molecule has 120 valence electrons. The molecule has 3 atom stereocenters. The Morgan fingerprint density at radius 1 is 1.29 bits per heavy atom. The summed E-state index contributed by atoms with van der Waals surface area (Å²) in [6, 6.07) is -1.51. The van der Waals surface area contributed by atoms with Crippen LogP contribution in [0.1, 0.15) is 32.1 Å². The van der Waals surface area contributed by atoms with Gasteiger partial charge in [0.15, 0.2) is 0 Å². The third-order valence-corrected chi connectivity index (χ3v) is 3.53. The first-order chi connectivity index (χ1) is 9.61. The van der Waals surface area contributed by atoms with Gasteiger partial charge in [-0.2, -0.15) is 13.2 Å². The monoisotopic (exact) mass is 310 g/mol. The Labute approximate surface area is 118 Å². The van der Waals surface area contributed by atoms with Gasteiger partial charge in [-0.15, -0.1) is 0 Å². The van der Waals surface area contributed by atoms with Crippen LogP contribution in [-0.2, 0) is 14.4 Å². The van der Waals surface area contributed by atoms with Crippen LogP contribution < -0.4 is 11.1 Å². The molecule has 6 nitrogen and oxygen atoms in total. The number of carbonyl (C=O) groups is 3. The minimum atomic E-state index is -4.36. The van der Waals surface area contributed by atoms with Crippen LogP contribution in [0.3, 0.4) is 0 Å². The molecule has 9 heteroatoms. The molecule has 0 radical (unpaired) electrons. The number of carboxylic acids is 1. The van der Waals surface area contributed by atoms with Crippen LogP contribution in [0.4, 0.5) is 13.2 Å².